The number of rotatable bonds is 7. The first-order valence-corrected chi connectivity index (χ1v) is 11.1. The molecule has 7 heteroatoms. The van der Waals surface area contributed by atoms with Gasteiger partial charge in [-0.1, -0.05) is 11.6 Å². The van der Waals surface area contributed by atoms with E-state index in [1.54, 1.807) is 6.33 Å². The second-order valence-corrected chi connectivity index (χ2v) is 8.59. The van der Waals surface area contributed by atoms with Gasteiger partial charge in [0.15, 0.2) is 0 Å². The van der Waals surface area contributed by atoms with E-state index in [9.17, 15) is 4.79 Å². The van der Waals surface area contributed by atoms with E-state index in [0.29, 0.717) is 6.54 Å². The maximum Gasteiger partial charge on any atom is 0.261 e. The van der Waals surface area contributed by atoms with Gasteiger partial charge in [-0.3, -0.25) is 4.79 Å². The summed E-state index contributed by atoms with van der Waals surface area (Å²) in [7, 11) is 0. The number of carbonyl (C=O) groups excluding carboxylic acids is 1. The van der Waals surface area contributed by atoms with Crippen molar-refractivity contribution in [3.8, 4) is 0 Å². The molecule has 0 unspecified atom stereocenters. The van der Waals surface area contributed by atoms with E-state index in [1.807, 2.05) is 6.92 Å². The molecule has 1 saturated heterocycles. The Morgan fingerprint density at radius 1 is 1.32 bits per heavy atom. The first kappa shape index (κ1) is 19.3. The van der Waals surface area contributed by atoms with Gasteiger partial charge in [0, 0.05) is 19.7 Å². The van der Waals surface area contributed by atoms with Crippen LogP contribution >= 0.6 is 11.3 Å². The van der Waals surface area contributed by atoms with Gasteiger partial charge in [0.05, 0.1) is 16.4 Å². The van der Waals surface area contributed by atoms with Crippen molar-refractivity contribution in [1.82, 2.24) is 15.3 Å². The zero-order valence-corrected chi connectivity index (χ0v) is 17.2. The Hall–Kier alpha value is -1.99. The number of nitrogens with one attached hydrogen (secondary N) is 2. The molecular weight excluding hydrogens is 372 g/mol. The molecule has 2 aromatic heterocycles. The highest BCUT2D eigenvalue weighted by atomic mass is 32.1. The SMILES string of the molecule is Cc1c(C(=O)NCCC2=CCCCC2)sc2ncnc(NC[C@H]3CCCO3)c12. The monoisotopic (exact) mass is 400 g/mol. The highest BCUT2D eigenvalue weighted by Crippen LogP contribution is 2.33. The lowest BCUT2D eigenvalue weighted by atomic mass is 9.97. The van der Waals surface area contributed by atoms with Crippen molar-refractivity contribution in [3.05, 3.63) is 28.4 Å². The van der Waals surface area contributed by atoms with Gasteiger partial charge in [-0.05, 0) is 57.4 Å². The van der Waals surface area contributed by atoms with Gasteiger partial charge < -0.3 is 15.4 Å². The van der Waals surface area contributed by atoms with Gasteiger partial charge >= 0.3 is 0 Å². The van der Waals surface area contributed by atoms with Gasteiger partial charge in [-0.25, -0.2) is 9.97 Å². The minimum Gasteiger partial charge on any atom is -0.376 e. The van der Waals surface area contributed by atoms with E-state index < -0.39 is 0 Å². The summed E-state index contributed by atoms with van der Waals surface area (Å²) in [6.07, 6.45) is 12.2. The quantitative estimate of drug-likeness (QED) is 0.681. The average Bonchev–Trinajstić information content (AvgIpc) is 3.35. The highest BCUT2D eigenvalue weighted by Gasteiger charge is 2.21. The molecule has 0 saturated carbocycles. The second-order valence-electron chi connectivity index (χ2n) is 7.59. The molecule has 1 aliphatic heterocycles. The predicted octanol–water partition coefficient (Wildman–Crippen LogP) is 4.21. The number of thiophene rings is 1. The van der Waals surface area contributed by atoms with Crippen LogP contribution in [0.15, 0.2) is 18.0 Å². The maximum atomic E-state index is 12.7. The lowest BCUT2D eigenvalue weighted by Gasteiger charge is -2.13. The zero-order valence-electron chi connectivity index (χ0n) is 16.4. The number of hydrogen-bond donors (Lipinski definition) is 2. The van der Waals surface area contributed by atoms with Crippen molar-refractivity contribution in [3.63, 3.8) is 0 Å². The average molecular weight is 401 g/mol. The van der Waals surface area contributed by atoms with Crippen molar-refractivity contribution < 1.29 is 9.53 Å². The number of anilines is 1. The Balaban J connectivity index is 1.43. The lowest BCUT2D eigenvalue weighted by molar-refractivity contribution is 0.0957. The molecule has 3 heterocycles. The number of fused-ring (bicyclic) bond motifs is 1. The van der Waals surface area contributed by atoms with Crippen LogP contribution in [0.5, 0.6) is 0 Å². The molecule has 1 aliphatic carbocycles. The third kappa shape index (κ3) is 4.36. The van der Waals surface area contributed by atoms with Crippen molar-refractivity contribution in [2.24, 2.45) is 0 Å². The number of aryl methyl sites for hydroxylation is 1. The van der Waals surface area contributed by atoms with E-state index in [0.717, 1.165) is 58.9 Å². The molecule has 2 N–H and O–H groups in total. The summed E-state index contributed by atoms with van der Waals surface area (Å²) in [6, 6.07) is 0. The molecule has 4 rings (SSSR count). The van der Waals surface area contributed by atoms with Crippen LogP contribution in [0.1, 0.15) is 60.2 Å². The van der Waals surface area contributed by atoms with Gasteiger partial charge in [0.1, 0.15) is 17.0 Å². The molecule has 150 valence electrons. The third-order valence-electron chi connectivity index (χ3n) is 5.57. The van der Waals surface area contributed by atoms with Crippen molar-refractivity contribution in [2.45, 2.75) is 58.0 Å². The Morgan fingerprint density at radius 3 is 3.04 bits per heavy atom. The molecule has 6 nitrogen and oxygen atoms in total. The summed E-state index contributed by atoms with van der Waals surface area (Å²) < 4.78 is 5.68. The van der Waals surface area contributed by atoms with Crippen LogP contribution in [-0.4, -0.2) is 41.7 Å². The van der Waals surface area contributed by atoms with Gasteiger partial charge in [-0.2, -0.15) is 0 Å². The van der Waals surface area contributed by atoms with Crippen molar-refractivity contribution in [1.29, 1.82) is 0 Å². The van der Waals surface area contributed by atoms with E-state index in [1.165, 1.54) is 42.6 Å². The van der Waals surface area contributed by atoms with E-state index >= 15 is 0 Å². The van der Waals surface area contributed by atoms with Crippen LogP contribution in [0.2, 0.25) is 0 Å². The molecular formula is C21H28N4O2S. The minimum atomic E-state index is -0.0121. The topological polar surface area (TPSA) is 76.1 Å². The van der Waals surface area contributed by atoms with Crippen LogP contribution in [-0.2, 0) is 4.74 Å². The smallest absolute Gasteiger partial charge is 0.261 e. The number of hydrogen-bond acceptors (Lipinski definition) is 6. The van der Waals surface area contributed by atoms with Crippen LogP contribution in [0.25, 0.3) is 10.2 Å². The van der Waals surface area contributed by atoms with E-state index in [2.05, 4.69) is 26.7 Å². The number of amides is 1. The molecule has 1 atom stereocenters. The molecule has 0 bridgehead atoms. The zero-order chi connectivity index (χ0) is 19.3. The second kappa shape index (κ2) is 9.01. The van der Waals surface area contributed by atoms with Crippen molar-refractivity contribution in [2.75, 3.05) is 25.0 Å². The first-order valence-electron chi connectivity index (χ1n) is 10.3. The largest absolute Gasteiger partial charge is 0.376 e. The summed E-state index contributed by atoms with van der Waals surface area (Å²) in [5.41, 5.74) is 2.43. The Bertz CT molecular complexity index is 871. The maximum absolute atomic E-state index is 12.7. The highest BCUT2D eigenvalue weighted by molar-refractivity contribution is 7.20. The van der Waals surface area contributed by atoms with Crippen LogP contribution < -0.4 is 10.6 Å². The number of nitrogens with zero attached hydrogens (tertiary/aromatic N) is 2. The first-order chi connectivity index (χ1) is 13.7. The van der Waals surface area contributed by atoms with Crippen LogP contribution in [0.3, 0.4) is 0 Å². The van der Waals surface area contributed by atoms with Crippen LogP contribution in [0.4, 0.5) is 5.82 Å². The number of ether oxygens (including phenoxy) is 1. The molecule has 28 heavy (non-hydrogen) atoms. The fourth-order valence-corrected chi connectivity index (χ4v) is 5.05. The summed E-state index contributed by atoms with van der Waals surface area (Å²) in [6.45, 7) is 4.24. The number of allylic oxidation sites excluding steroid dienone is 1. The van der Waals surface area contributed by atoms with Crippen LogP contribution in [0, 0.1) is 6.92 Å². The molecule has 2 aliphatic rings. The predicted molar refractivity (Wildman–Crippen MR) is 113 cm³/mol. The number of carbonyl (C=O) groups is 1. The Kier molecular flexibility index (Phi) is 6.22. The molecule has 1 fully saturated rings. The Labute approximate surface area is 169 Å². The van der Waals surface area contributed by atoms with E-state index in [-0.39, 0.29) is 12.0 Å². The summed E-state index contributed by atoms with van der Waals surface area (Å²) in [4.78, 5) is 23.1. The standard InChI is InChI=1S/C21H28N4O2S/c1-14-17-19(23-12-16-8-5-11-27-16)24-13-25-21(17)28-18(14)20(26)22-10-9-15-6-3-2-4-7-15/h6,13,16H,2-5,7-12H2,1H3,(H,22,26)(H,23,24,25)/t16-/m1/s1. The van der Waals surface area contributed by atoms with Gasteiger partial charge in [-0.15, -0.1) is 11.3 Å². The summed E-state index contributed by atoms with van der Waals surface area (Å²) in [5.74, 6) is 0.780. The molecule has 2 aromatic rings. The molecule has 0 aromatic carbocycles. The molecule has 1 amide bonds. The molecule has 0 radical (unpaired) electrons. The normalized spacial score (nSPS) is 19.6. The number of aromatic nitrogens is 2. The Morgan fingerprint density at radius 2 is 2.25 bits per heavy atom. The summed E-state index contributed by atoms with van der Waals surface area (Å²) in [5, 5.41) is 7.44. The minimum absolute atomic E-state index is 0.0121. The fraction of sp³-hybridized carbons (Fsp3) is 0.571. The van der Waals surface area contributed by atoms with E-state index in [4.69, 9.17) is 4.74 Å². The fourth-order valence-electron chi connectivity index (χ4n) is 3.99. The summed E-state index contributed by atoms with van der Waals surface area (Å²) >= 11 is 1.44. The van der Waals surface area contributed by atoms with Crippen molar-refractivity contribution >= 4 is 33.3 Å². The van der Waals surface area contributed by atoms with Gasteiger partial charge in [0.25, 0.3) is 5.91 Å². The third-order valence-corrected chi connectivity index (χ3v) is 6.77. The van der Waals surface area contributed by atoms with Gasteiger partial charge in [0.2, 0.25) is 0 Å². The molecule has 0 spiro atoms. The lowest BCUT2D eigenvalue weighted by Crippen LogP contribution is -2.24.